The number of nitrogens with one attached hydrogen (secondary N) is 2. The molecule has 0 saturated carbocycles. The summed E-state index contributed by atoms with van der Waals surface area (Å²) in [6.45, 7) is 0.125. The van der Waals surface area contributed by atoms with Crippen molar-refractivity contribution in [1.29, 1.82) is 0 Å². The third-order valence-corrected chi connectivity index (χ3v) is 4.62. The summed E-state index contributed by atoms with van der Waals surface area (Å²) >= 11 is 7.46. The topological polar surface area (TPSA) is 70.2 Å². The molecule has 1 unspecified atom stereocenters. The van der Waals surface area contributed by atoms with E-state index < -0.39 is 18.3 Å². The molecule has 0 aliphatic carbocycles. The zero-order valence-electron chi connectivity index (χ0n) is 13.0. The third-order valence-electron chi connectivity index (χ3n) is 3.45. The highest BCUT2D eigenvalue weighted by molar-refractivity contribution is 7.15. The van der Waals surface area contributed by atoms with Crippen molar-refractivity contribution in [2.24, 2.45) is 0 Å². The molecule has 1 atom stereocenters. The van der Waals surface area contributed by atoms with Crippen LogP contribution in [0.4, 0.5) is 13.2 Å². The van der Waals surface area contributed by atoms with Gasteiger partial charge in [-0.25, -0.2) is 0 Å². The number of rotatable bonds is 6. The first-order chi connectivity index (χ1) is 12.3. The number of nitrogens with zero attached hydrogens (tertiary/aromatic N) is 1. The molecule has 3 aromatic rings. The largest absolute Gasteiger partial charge is 0.573 e. The van der Waals surface area contributed by atoms with E-state index in [0.29, 0.717) is 15.7 Å². The van der Waals surface area contributed by atoms with Crippen molar-refractivity contribution in [1.82, 2.24) is 15.5 Å². The highest BCUT2D eigenvalue weighted by Crippen LogP contribution is 2.32. The van der Waals surface area contributed by atoms with Crippen molar-refractivity contribution in [2.45, 2.75) is 19.1 Å². The molecule has 138 valence electrons. The van der Waals surface area contributed by atoms with Crippen molar-refractivity contribution in [3.05, 3.63) is 57.4 Å². The molecule has 0 amide bonds. The average molecular weight is 404 g/mol. The standard InChI is InChI=1S/C16H13ClF3N3O2S/c17-14-10(5-6-26-14)12-7-9(22-23-12)8-21-15(24)11-3-1-2-4-13(11)25-16(18,19)20/h1-7,15,21,24H,8H2,(H,22,23). The Kier molecular flexibility index (Phi) is 5.52. The number of aromatic amines is 1. The van der Waals surface area contributed by atoms with Crippen LogP contribution < -0.4 is 10.1 Å². The van der Waals surface area contributed by atoms with Gasteiger partial charge in [0.05, 0.1) is 11.4 Å². The van der Waals surface area contributed by atoms with Crippen LogP contribution in [0.15, 0.2) is 41.8 Å². The molecule has 0 radical (unpaired) electrons. The molecule has 0 spiro atoms. The smallest absolute Gasteiger partial charge is 0.405 e. The van der Waals surface area contributed by atoms with Gasteiger partial charge in [0.1, 0.15) is 16.3 Å². The fourth-order valence-corrected chi connectivity index (χ4v) is 3.26. The average Bonchev–Trinajstić information content (AvgIpc) is 3.20. The molecule has 1 aromatic carbocycles. The maximum atomic E-state index is 12.5. The number of alkyl halides is 3. The summed E-state index contributed by atoms with van der Waals surface area (Å²) in [5, 5.41) is 21.7. The Morgan fingerprint density at radius 1 is 1.31 bits per heavy atom. The second-order valence-electron chi connectivity index (χ2n) is 5.25. The van der Waals surface area contributed by atoms with Gasteiger partial charge in [0, 0.05) is 17.7 Å². The van der Waals surface area contributed by atoms with Crippen LogP contribution in [0.1, 0.15) is 17.5 Å². The van der Waals surface area contributed by atoms with Crippen LogP contribution >= 0.6 is 22.9 Å². The lowest BCUT2D eigenvalue weighted by molar-refractivity contribution is -0.275. The van der Waals surface area contributed by atoms with Crippen LogP contribution in [0.2, 0.25) is 4.34 Å². The van der Waals surface area contributed by atoms with Crippen molar-refractivity contribution in [3.63, 3.8) is 0 Å². The van der Waals surface area contributed by atoms with Crippen LogP contribution in [0.5, 0.6) is 5.75 Å². The zero-order valence-corrected chi connectivity index (χ0v) is 14.6. The van der Waals surface area contributed by atoms with Crippen molar-refractivity contribution in [2.75, 3.05) is 0 Å². The van der Waals surface area contributed by atoms with Gasteiger partial charge in [-0.1, -0.05) is 29.8 Å². The van der Waals surface area contributed by atoms with Crippen LogP contribution in [-0.4, -0.2) is 21.7 Å². The summed E-state index contributed by atoms with van der Waals surface area (Å²) in [6, 6.07) is 8.97. The number of aliphatic hydroxyl groups excluding tert-OH is 1. The molecule has 3 rings (SSSR count). The Labute approximate surface area is 155 Å². The highest BCUT2D eigenvalue weighted by Gasteiger charge is 2.32. The normalized spacial score (nSPS) is 13.0. The lowest BCUT2D eigenvalue weighted by Crippen LogP contribution is -2.23. The van der Waals surface area contributed by atoms with Crippen molar-refractivity contribution >= 4 is 22.9 Å². The highest BCUT2D eigenvalue weighted by atomic mass is 35.5. The lowest BCUT2D eigenvalue weighted by atomic mass is 10.1. The number of thiophene rings is 1. The second kappa shape index (κ2) is 7.67. The summed E-state index contributed by atoms with van der Waals surface area (Å²) in [5.41, 5.74) is 2.06. The SMILES string of the molecule is OC(NCc1cc(-c2ccsc2Cl)[nH]n1)c1ccccc1OC(F)(F)F. The number of ether oxygens (including phenoxy) is 1. The minimum atomic E-state index is -4.84. The minimum Gasteiger partial charge on any atom is -0.405 e. The fourth-order valence-electron chi connectivity index (χ4n) is 2.31. The maximum absolute atomic E-state index is 12.5. The van der Waals surface area contributed by atoms with Crippen molar-refractivity contribution < 1.29 is 23.0 Å². The summed E-state index contributed by atoms with van der Waals surface area (Å²) in [5.74, 6) is -0.465. The van der Waals surface area contributed by atoms with Gasteiger partial charge < -0.3 is 9.84 Å². The van der Waals surface area contributed by atoms with Crippen LogP contribution in [0.3, 0.4) is 0 Å². The van der Waals surface area contributed by atoms with Gasteiger partial charge in [0.2, 0.25) is 0 Å². The Balaban J connectivity index is 1.67. The molecule has 0 aliphatic rings. The number of H-pyrrole nitrogens is 1. The number of aliphatic hydroxyl groups is 1. The Bertz CT molecular complexity index is 882. The van der Waals surface area contributed by atoms with E-state index in [9.17, 15) is 18.3 Å². The molecule has 0 bridgehead atoms. The molecule has 5 nitrogen and oxygen atoms in total. The second-order valence-corrected chi connectivity index (χ2v) is 6.77. The number of hydrogen-bond acceptors (Lipinski definition) is 5. The van der Waals surface area contributed by atoms with Crippen molar-refractivity contribution in [3.8, 4) is 17.0 Å². The molecule has 0 saturated heterocycles. The fraction of sp³-hybridized carbons (Fsp3) is 0.188. The molecule has 2 heterocycles. The number of para-hydroxylation sites is 1. The van der Waals surface area contributed by atoms with E-state index >= 15 is 0 Å². The Hall–Kier alpha value is -2.07. The number of aromatic nitrogens is 2. The Morgan fingerprint density at radius 3 is 2.77 bits per heavy atom. The molecular weight excluding hydrogens is 391 g/mol. The van der Waals surface area contributed by atoms with Gasteiger partial charge in [-0.2, -0.15) is 5.10 Å². The van der Waals surface area contributed by atoms with E-state index in [1.165, 1.54) is 29.5 Å². The molecule has 10 heteroatoms. The summed E-state index contributed by atoms with van der Waals surface area (Å²) in [4.78, 5) is 0. The predicted molar refractivity (Wildman–Crippen MR) is 91.8 cm³/mol. The molecule has 2 aromatic heterocycles. The van der Waals surface area contributed by atoms with Gasteiger partial charge in [0.25, 0.3) is 0 Å². The van der Waals surface area contributed by atoms with E-state index in [4.69, 9.17) is 11.6 Å². The van der Waals surface area contributed by atoms with Crippen LogP contribution in [0, 0.1) is 0 Å². The number of benzene rings is 1. The summed E-state index contributed by atoms with van der Waals surface area (Å²) in [6.07, 6.45) is -6.20. The monoisotopic (exact) mass is 403 g/mol. The first kappa shape index (κ1) is 18.7. The van der Waals surface area contributed by atoms with Gasteiger partial charge in [-0.3, -0.25) is 10.4 Å². The van der Waals surface area contributed by atoms with Crippen LogP contribution in [-0.2, 0) is 6.54 Å². The van der Waals surface area contributed by atoms with E-state index in [1.54, 1.807) is 6.07 Å². The quantitative estimate of drug-likeness (QED) is 0.531. The first-order valence-electron chi connectivity index (χ1n) is 7.37. The van der Waals surface area contributed by atoms with E-state index in [2.05, 4.69) is 20.3 Å². The van der Waals surface area contributed by atoms with Crippen LogP contribution in [0.25, 0.3) is 11.3 Å². The van der Waals surface area contributed by atoms with E-state index in [0.717, 1.165) is 11.6 Å². The molecule has 3 N–H and O–H groups in total. The van der Waals surface area contributed by atoms with E-state index in [1.807, 2.05) is 11.4 Å². The molecule has 0 aliphatic heterocycles. The van der Waals surface area contributed by atoms with Gasteiger partial charge in [-0.15, -0.1) is 24.5 Å². The maximum Gasteiger partial charge on any atom is 0.573 e. The minimum absolute atomic E-state index is 0.0264. The summed E-state index contributed by atoms with van der Waals surface area (Å²) in [7, 11) is 0. The molecule has 0 fully saturated rings. The predicted octanol–water partition coefficient (Wildman–Crippen LogP) is 4.47. The van der Waals surface area contributed by atoms with Gasteiger partial charge >= 0.3 is 6.36 Å². The summed E-state index contributed by atoms with van der Waals surface area (Å²) < 4.78 is 41.9. The molecular formula is C16H13ClF3N3O2S. The number of halogens is 4. The molecule has 26 heavy (non-hydrogen) atoms. The van der Waals surface area contributed by atoms with Gasteiger partial charge in [-0.05, 0) is 23.6 Å². The van der Waals surface area contributed by atoms with Gasteiger partial charge in [0.15, 0.2) is 0 Å². The Morgan fingerprint density at radius 2 is 2.08 bits per heavy atom. The van der Waals surface area contributed by atoms with E-state index in [-0.39, 0.29) is 12.1 Å². The number of hydrogen-bond donors (Lipinski definition) is 3. The first-order valence-corrected chi connectivity index (χ1v) is 8.63. The lowest BCUT2D eigenvalue weighted by Gasteiger charge is -2.17. The zero-order chi connectivity index (χ0) is 18.7. The third kappa shape index (κ3) is 4.55.